The van der Waals surface area contributed by atoms with Crippen molar-refractivity contribution in [2.75, 3.05) is 6.61 Å². The van der Waals surface area contributed by atoms with Crippen LogP contribution in [0.4, 0.5) is 0 Å². The van der Waals surface area contributed by atoms with E-state index in [9.17, 15) is 4.79 Å². The molecule has 2 N–H and O–H groups in total. The van der Waals surface area contributed by atoms with Crippen LogP contribution in [-0.4, -0.2) is 17.7 Å². The Balaban J connectivity index is 0.000000246. The SMILES string of the molecule is C1=COOC1.C=C1SC(=N)NC1=O.N#CC#N. The molecule has 2 rings (SSSR count). The highest BCUT2D eigenvalue weighted by molar-refractivity contribution is 8.18. The van der Waals surface area contributed by atoms with E-state index in [2.05, 4.69) is 21.7 Å². The van der Waals surface area contributed by atoms with Gasteiger partial charge in [0.1, 0.15) is 12.9 Å². The highest BCUT2D eigenvalue weighted by atomic mass is 32.2. The van der Waals surface area contributed by atoms with Crippen molar-refractivity contribution in [3.05, 3.63) is 23.8 Å². The van der Waals surface area contributed by atoms with Gasteiger partial charge in [0.15, 0.2) is 17.3 Å². The lowest BCUT2D eigenvalue weighted by atomic mass is 10.6. The molecule has 0 atom stereocenters. The standard InChI is InChI=1S/C4H4N2OS.C3H4O2.C2N2/c1-2-3(7)6-4(5)8-2;1-2-4-5-3-1;3-1-2-4/h1H2,(H2,5,6,7);1-2H,3H2;. The van der Waals surface area contributed by atoms with Crippen molar-refractivity contribution >= 4 is 22.8 Å². The Morgan fingerprint density at radius 3 is 2.29 bits per heavy atom. The van der Waals surface area contributed by atoms with Crippen LogP contribution >= 0.6 is 11.8 Å². The Hall–Kier alpha value is -2.29. The molecule has 1 fully saturated rings. The molecule has 2 aliphatic heterocycles. The van der Waals surface area contributed by atoms with Gasteiger partial charge in [-0.05, 0) is 17.8 Å². The first-order valence-electron chi connectivity index (χ1n) is 4.10. The van der Waals surface area contributed by atoms with Crippen LogP contribution in [0.25, 0.3) is 0 Å². The second kappa shape index (κ2) is 8.97. The largest absolute Gasteiger partial charge is 0.345 e. The quantitative estimate of drug-likeness (QED) is 0.486. The van der Waals surface area contributed by atoms with E-state index in [4.69, 9.17) is 15.9 Å². The first kappa shape index (κ1) is 14.7. The summed E-state index contributed by atoms with van der Waals surface area (Å²) in [6.07, 6.45) is 3.31. The number of nitrogens with one attached hydrogen (secondary N) is 2. The minimum absolute atomic E-state index is 0.167. The van der Waals surface area contributed by atoms with Crippen LogP contribution in [0, 0.1) is 28.1 Å². The molecule has 0 aromatic carbocycles. The van der Waals surface area contributed by atoms with Gasteiger partial charge in [-0.3, -0.25) is 10.2 Å². The monoisotopic (exact) mass is 252 g/mol. The molecule has 0 radical (unpaired) electrons. The predicted molar refractivity (Wildman–Crippen MR) is 60.0 cm³/mol. The number of rotatable bonds is 0. The van der Waals surface area contributed by atoms with Gasteiger partial charge in [0.05, 0.1) is 4.91 Å². The van der Waals surface area contributed by atoms with Gasteiger partial charge in [0.2, 0.25) is 0 Å². The number of nitriles is 2. The van der Waals surface area contributed by atoms with E-state index in [-0.39, 0.29) is 11.1 Å². The Labute approximate surface area is 102 Å². The molecule has 8 heteroatoms. The first-order chi connectivity index (χ1) is 8.11. The van der Waals surface area contributed by atoms with Crippen LogP contribution in [0.15, 0.2) is 23.8 Å². The fraction of sp³-hybridized carbons (Fsp3) is 0.111. The molecule has 0 bridgehead atoms. The van der Waals surface area contributed by atoms with E-state index < -0.39 is 0 Å². The van der Waals surface area contributed by atoms with Crippen molar-refractivity contribution in [1.82, 2.24) is 5.32 Å². The fourth-order valence-corrected chi connectivity index (χ4v) is 1.10. The zero-order valence-corrected chi connectivity index (χ0v) is 9.41. The zero-order valence-electron chi connectivity index (χ0n) is 8.60. The molecule has 0 aromatic heterocycles. The zero-order chi connectivity index (χ0) is 13.1. The van der Waals surface area contributed by atoms with E-state index in [1.54, 1.807) is 6.08 Å². The van der Waals surface area contributed by atoms with E-state index in [0.29, 0.717) is 11.5 Å². The molecule has 17 heavy (non-hydrogen) atoms. The number of carbonyl (C=O) groups excluding carboxylic acids is 1. The van der Waals surface area contributed by atoms with Crippen molar-refractivity contribution in [2.24, 2.45) is 0 Å². The number of thioether (sulfide) groups is 1. The molecular weight excluding hydrogens is 244 g/mol. The molecule has 2 aliphatic rings. The third kappa shape index (κ3) is 7.62. The summed E-state index contributed by atoms with van der Waals surface area (Å²) in [5, 5.41) is 23.8. The summed E-state index contributed by atoms with van der Waals surface area (Å²) in [7, 11) is 0. The van der Waals surface area contributed by atoms with E-state index >= 15 is 0 Å². The minimum Gasteiger partial charge on any atom is -0.345 e. The number of nitrogens with zero attached hydrogens (tertiary/aromatic N) is 2. The highest BCUT2D eigenvalue weighted by Crippen LogP contribution is 2.18. The molecule has 1 saturated heterocycles. The summed E-state index contributed by atoms with van der Waals surface area (Å²) < 4.78 is 0. The number of carbonyl (C=O) groups is 1. The second-order valence-corrected chi connectivity index (χ2v) is 3.39. The van der Waals surface area contributed by atoms with E-state index in [0.717, 1.165) is 11.8 Å². The summed E-state index contributed by atoms with van der Waals surface area (Å²) in [5.41, 5.74) is 0. The lowest BCUT2D eigenvalue weighted by Gasteiger charge is -1.81. The van der Waals surface area contributed by atoms with Crippen LogP contribution in [0.2, 0.25) is 0 Å². The molecular formula is C9H8N4O3S. The van der Waals surface area contributed by atoms with Gasteiger partial charge in [-0.15, -0.1) is 0 Å². The number of hydrogen-bond donors (Lipinski definition) is 2. The third-order valence-corrected chi connectivity index (χ3v) is 1.88. The van der Waals surface area contributed by atoms with Crippen molar-refractivity contribution in [1.29, 1.82) is 15.9 Å². The lowest BCUT2D eigenvalue weighted by molar-refractivity contribution is -0.221. The Morgan fingerprint density at radius 2 is 2.18 bits per heavy atom. The molecule has 0 unspecified atom stereocenters. The molecule has 0 aromatic rings. The highest BCUT2D eigenvalue weighted by Gasteiger charge is 2.19. The van der Waals surface area contributed by atoms with Gasteiger partial charge in [-0.1, -0.05) is 6.58 Å². The van der Waals surface area contributed by atoms with Crippen LogP contribution in [0.1, 0.15) is 0 Å². The fourth-order valence-electron chi connectivity index (χ4n) is 0.564. The molecule has 0 saturated carbocycles. The van der Waals surface area contributed by atoms with Crippen molar-refractivity contribution in [3.63, 3.8) is 0 Å². The Bertz CT molecular complexity index is 383. The third-order valence-electron chi connectivity index (χ3n) is 1.14. The summed E-state index contributed by atoms with van der Waals surface area (Å²) in [6, 6.07) is 2.47. The summed E-state index contributed by atoms with van der Waals surface area (Å²) in [6.45, 7) is 3.99. The van der Waals surface area contributed by atoms with Gasteiger partial charge in [0.25, 0.3) is 5.91 Å². The molecule has 7 nitrogen and oxygen atoms in total. The van der Waals surface area contributed by atoms with Crippen molar-refractivity contribution in [3.8, 4) is 12.1 Å². The normalized spacial score (nSPS) is 15.3. The van der Waals surface area contributed by atoms with Crippen LogP contribution in [-0.2, 0) is 14.6 Å². The summed E-state index contributed by atoms with van der Waals surface area (Å²) >= 11 is 1.06. The van der Waals surface area contributed by atoms with Gasteiger partial charge >= 0.3 is 0 Å². The maximum atomic E-state index is 10.4. The molecule has 2 heterocycles. The molecule has 0 spiro atoms. The smallest absolute Gasteiger partial charge is 0.263 e. The van der Waals surface area contributed by atoms with E-state index in [1.165, 1.54) is 18.4 Å². The van der Waals surface area contributed by atoms with Crippen LogP contribution in [0.5, 0.6) is 0 Å². The predicted octanol–water partition coefficient (Wildman–Crippen LogP) is 0.793. The lowest BCUT2D eigenvalue weighted by Crippen LogP contribution is -2.18. The topological polar surface area (TPSA) is 119 Å². The van der Waals surface area contributed by atoms with Crippen LogP contribution in [0.3, 0.4) is 0 Å². The average Bonchev–Trinajstić information content (AvgIpc) is 2.94. The maximum Gasteiger partial charge on any atom is 0.263 e. The molecule has 88 valence electrons. The van der Waals surface area contributed by atoms with Gasteiger partial charge in [-0.2, -0.15) is 15.4 Å². The minimum atomic E-state index is -0.250. The van der Waals surface area contributed by atoms with Gasteiger partial charge in [-0.25, -0.2) is 0 Å². The van der Waals surface area contributed by atoms with Crippen molar-refractivity contribution in [2.45, 2.75) is 0 Å². The summed E-state index contributed by atoms with van der Waals surface area (Å²) in [4.78, 5) is 19.4. The Morgan fingerprint density at radius 1 is 1.53 bits per heavy atom. The second-order valence-electron chi connectivity index (χ2n) is 2.28. The molecule has 0 aliphatic carbocycles. The average molecular weight is 252 g/mol. The summed E-state index contributed by atoms with van der Waals surface area (Å²) in [5.74, 6) is -0.250. The van der Waals surface area contributed by atoms with Crippen LogP contribution < -0.4 is 5.32 Å². The number of amidine groups is 1. The van der Waals surface area contributed by atoms with E-state index in [1.807, 2.05) is 0 Å². The van der Waals surface area contributed by atoms with Gasteiger partial charge in [0, 0.05) is 0 Å². The first-order valence-corrected chi connectivity index (χ1v) is 4.91. The number of hydrogen-bond acceptors (Lipinski definition) is 7. The number of amides is 1. The Kier molecular flexibility index (Phi) is 7.76. The van der Waals surface area contributed by atoms with Gasteiger partial charge < -0.3 is 10.2 Å². The maximum absolute atomic E-state index is 10.4. The molecule has 1 amide bonds. The van der Waals surface area contributed by atoms with Crippen molar-refractivity contribution < 1.29 is 14.6 Å².